The largest absolute Gasteiger partial charge is 0.506 e. The Morgan fingerprint density at radius 3 is 2.52 bits per heavy atom. The number of aromatic hydroxyl groups is 1. The molecule has 25 heavy (non-hydrogen) atoms. The Labute approximate surface area is 143 Å². The molecule has 3 rings (SSSR count). The number of methoxy groups -OCH3 is 1. The zero-order valence-corrected chi connectivity index (χ0v) is 13.6. The van der Waals surface area contributed by atoms with Gasteiger partial charge in [-0.3, -0.25) is 0 Å². The molecule has 3 aromatic rings. The summed E-state index contributed by atoms with van der Waals surface area (Å²) in [6.45, 7) is 1.65. The van der Waals surface area contributed by atoms with Crippen LogP contribution in [-0.2, 0) is 0 Å². The van der Waals surface area contributed by atoms with E-state index in [4.69, 9.17) is 4.74 Å². The number of aryl methyl sites for hydroxylation is 1. The topological polar surface area (TPSA) is 136 Å². The average Bonchev–Trinajstić information content (AvgIpc) is 2.57. The number of carbonyl (C=O) groups is 1. The van der Waals surface area contributed by atoms with Crippen molar-refractivity contribution in [3.8, 4) is 11.5 Å². The summed E-state index contributed by atoms with van der Waals surface area (Å²) in [6, 6.07) is 8.50. The number of carboxylic acids is 1. The number of carboxylic acid groups (broad SMARTS) is 1. The van der Waals surface area contributed by atoms with Crippen molar-refractivity contribution in [2.45, 2.75) is 6.92 Å². The maximum Gasteiger partial charge on any atom is 0.339 e. The van der Waals surface area contributed by atoms with Gasteiger partial charge in [0, 0.05) is 17.3 Å². The molecule has 8 heteroatoms. The Morgan fingerprint density at radius 1 is 1.24 bits per heavy atom. The van der Waals surface area contributed by atoms with Gasteiger partial charge in [-0.1, -0.05) is 0 Å². The van der Waals surface area contributed by atoms with Crippen LogP contribution in [0.5, 0.6) is 11.5 Å². The highest BCUT2D eigenvalue weighted by atomic mass is 16.5. The first-order valence-corrected chi connectivity index (χ1v) is 7.13. The van der Waals surface area contributed by atoms with Gasteiger partial charge in [0.1, 0.15) is 17.1 Å². The zero-order chi connectivity index (χ0) is 17.3. The Hall–Kier alpha value is -3.39. The summed E-state index contributed by atoms with van der Waals surface area (Å²) >= 11 is 0. The van der Waals surface area contributed by atoms with Gasteiger partial charge >= 0.3 is 5.97 Å². The highest BCUT2D eigenvalue weighted by molar-refractivity contribution is 6.04. The van der Waals surface area contributed by atoms with Crippen LogP contribution in [0.2, 0.25) is 0 Å². The molecule has 5 N–H and O–H groups in total. The smallest absolute Gasteiger partial charge is 0.339 e. The molecule has 0 atom stereocenters. The average molecular weight is 343 g/mol. The lowest BCUT2D eigenvalue weighted by molar-refractivity contribution is 0.0697. The molecular weight excluding hydrogens is 326 g/mol. The molecule has 0 bridgehead atoms. The molecule has 8 nitrogen and oxygen atoms in total. The van der Waals surface area contributed by atoms with Crippen LogP contribution >= 0.6 is 0 Å². The first kappa shape index (κ1) is 18.0. The summed E-state index contributed by atoms with van der Waals surface area (Å²) in [5, 5.41) is 22.8. The van der Waals surface area contributed by atoms with Crippen molar-refractivity contribution >= 4 is 28.4 Å². The Morgan fingerprint density at radius 2 is 1.92 bits per heavy atom. The Balaban J connectivity index is 0.00000225. The lowest BCUT2D eigenvalue weighted by Crippen LogP contribution is -2.05. The van der Waals surface area contributed by atoms with Gasteiger partial charge in [-0.2, -0.15) is 0 Å². The van der Waals surface area contributed by atoms with Crippen molar-refractivity contribution in [3.05, 3.63) is 47.8 Å². The first-order chi connectivity index (χ1) is 11.5. The van der Waals surface area contributed by atoms with Crippen molar-refractivity contribution in [1.29, 1.82) is 0 Å². The second-order valence-corrected chi connectivity index (χ2v) is 5.17. The third-order valence-corrected chi connectivity index (χ3v) is 3.61. The van der Waals surface area contributed by atoms with E-state index in [1.54, 1.807) is 38.3 Å². The van der Waals surface area contributed by atoms with Crippen LogP contribution in [0, 0.1) is 6.92 Å². The molecule has 0 spiro atoms. The van der Waals surface area contributed by atoms with E-state index in [9.17, 15) is 15.0 Å². The summed E-state index contributed by atoms with van der Waals surface area (Å²) in [5.74, 6) is -0.460. The quantitative estimate of drug-likeness (QED) is 0.661. The third kappa shape index (κ3) is 3.43. The summed E-state index contributed by atoms with van der Waals surface area (Å²) in [6.07, 6.45) is 1.25. The van der Waals surface area contributed by atoms with Crippen molar-refractivity contribution in [2.75, 3.05) is 12.4 Å². The SMILES string of the molecule is COc1ccc(Nc2c(C(=O)O)cnc3nc(C)c(O)cc23)cc1.O. The number of fused-ring (bicyclic) bond motifs is 1. The van der Waals surface area contributed by atoms with E-state index >= 15 is 0 Å². The number of nitrogens with zero attached hydrogens (tertiary/aromatic N) is 2. The highest BCUT2D eigenvalue weighted by Crippen LogP contribution is 2.32. The molecule has 0 aliphatic heterocycles. The number of rotatable bonds is 4. The van der Waals surface area contributed by atoms with E-state index in [2.05, 4.69) is 15.3 Å². The summed E-state index contributed by atoms with van der Waals surface area (Å²) in [4.78, 5) is 19.8. The Bertz CT molecular complexity index is 926. The molecule has 0 radical (unpaired) electrons. The van der Waals surface area contributed by atoms with E-state index in [0.717, 1.165) is 0 Å². The highest BCUT2D eigenvalue weighted by Gasteiger charge is 2.17. The molecule has 0 saturated heterocycles. The van der Waals surface area contributed by atoms with Crippen LogP contribution in [0.1, 0.15) is 16.1 Å². The van der Waals surface area contributed by atoms with E-state index in [1.165, 1.54) is 12.3 Å². The first-order valence-electron chi connectivity index (χ1n) is 7.13. The molecular formula is C17H17N3O5. The van der Waals surface area contributed by atoms with E-state index < -0.39 is 5.97 Å². The van der Waals surface area contributed by atoms with Crippen molar-refractivity contribution in [3.63, 3.8) is 0 Å². The van der Waals surface area contributed by atoms with Crippen LogP contribution in [0.3, 0.4) is 0 Å². The molecule has 130 valence electrons. The van der Waals surface area contributed by atoms with Gasteiger partial charge in [-0.25, -0.2) is 14.8 Å². The lowest BCUT2D eigenvalue weighted by atomic mass is 10.1. The molecule has 0 aliphatic rings. The van der Waals surface area contributed by atoms with Gasteiger partial charge < -0.3 is 25.7 Å². The number of hydrogen-bond acceptors (Lipinski definition) is 6. The number of anilines is 2. The maximum atomic E-state index is 11.5. The molecule has 0 aliphatic carbocycles. The molecule has 2 aromatic heterocycles. The molecule has 0 fully saturated rings. The van der Waals surface area contributed by atoms with Crippen molar-refractivity contribution < 1.29 is 25.2 Å². The van der Waals surface area contributed by atoms with Crippen molar-refractivity contribution in [1.82, 2.24) is 9.97 Å². The summed E-state index contributed by atoms with van der Waals surface area (Å²) in [7, 11) is 1.57. The summed E-state index contributed by atoms with van der Waals surface area (Å²) in [5.41, 5.74) is 1.76. The molecule has 0 saturated carbocycles. The van der Waals surface area contributed by atoms with Crippen LogP contribution < -0.4 is 10.1 Å². The monoisotopic (exact) mass is 343 g/mol. The number of aromatic nitrogens is 2. The van der Waals surface area contributed by atoms with Crippen LogP contribution in [0.4, 0.5) is 11.4 Å². The van der Waals surface area contributed by atoms with E-state index in [-0.39, 0.29) is 16.8 Å². The maximum absolute atomic E-state index is 11.5. The fraction of sp³-hybridized carbons (Fsp3) is 0.118. The van der Waals surface area contributed by atoms with Crippen LogP contribution in [-0.4, -0.2) is 38.7 Å². The number of hydrogen-bond donors (Lipinski definition) is 3. The van der Waals surface area contributed by atoms with Crippen LogP contribution in [0.15, 0.2) is 36.5 Å². The summed E-state index contributed by atoms with van der Waals surface area (Å²) < 4.78 is 5.11. The minimum Gasteiger partial charge on any atom is -0.506 e. The second-order valence-electron chi connectivity index (χ2n) is 5.17. The number of nitrogens with one attached hydrogen (secondary N) is 1. The van der Waals surface area contributed by atoms with E-state index in [0.29, 0.717) is 33.9 Å². The number of pyridine rings is 2. The fourth-order valence-electron chi connectivity index (χ4n) is 2.32. The minimum atomic E-state index is -1.12. The fourth-order valence-corrected chi connectivity index (χ4v) is 2.32. The standard InChI is InChI=1S/C17H15N3O4.H2O/c1-9-14(21)7-12-15(13(17(22)23)8-18-16(12)19-9)20-10-3-5-11(24-2)6-4-10;/h3-8,21H,1-2H3,(H,22,23)(H,18,19,20);1H2. The van der Waals surface area contributed by atoms with Gasteiger partial charge in [-0.15, -0.1) is 0 Å². The third-order valence-electron chi connectivity index (χ3n) is 3.61. The van der Waals surface area contributed by atoms with Crippen molar-refractivity contribution in [2.24, 2.45) is 0 Å². The zero-order valence-electron chi connectivity index (χ0n) is 13.6. The number of benzene rings is 1. The second kappa shape index (κ2) is 7.02. The minimum absolute atomic E-state index is 0. The predicted octanol–water partition coefficient (Wildman–Crippen LogP) is 2.27. The van der Waals surface area contributed by atoms with Gasteiger partial charge in [0.2, 0.25) is 0 Å². The van der Waals surface area contributed by atoms with Gasteiger partial charge in [0.05, 0.1) is 18.5 Å². The van der Waals surface area contributed by atoms with Gasteiger partial charge in [0.15, 0.2) is 5.65 Å². The Kier molecular flexibility index (Phi) is 5.04. The van der Waals surface area contributed by atoms with Gasteiger partial charge in [0.25, 0.3) is 0 Å². The lowest BCUT2D eigenvalue weighted by Gasteiger charge is -2.13. The van der Waals surface area contributed by atoms with Crippen LogP contribution in [0.25, 0.3) is 11.0 Å². The molecule has 0 amide bonds. The number of ether oxygens (including phenoxy) is 1. The van der Waals surface area contributed by atoms with Gasteiger partial charge in [-0.05, 0) is 37.3 Å². The molecule has 0 unspecified atom stereocenters. The molecule has 2 heterocycles. The molecule has 1 aromatic carbocycles. The number of aromatic carboxylic acids is 1. The normalized spacial score (nSPS) is 10.2. The van der Waals surface area contributed by atoms with E-state index in [1.807, 2.05) is 0 Å². The predicted molar refractivity (Wildman–Crippen MR) is 92.8 cm³/mol.